The summed E-state index contributed by atoms with van der Waals surface area (Å²) >= 11 is 1.93. The van der Waals surface area contributed by atoms with E-state index < -0.39 is 16.6 Å². The molecular formula is C38H64O3SSi2. The summed E-state index contributed by atoms with van der Waals surface area (Å²) in [4.78, 5) is 13.8. The first kappa shape index (κ1) is 38.7. The van der Waals surface area contributed by atoms with Gasteiger partial charge in [-0.1, -0.05) is 121 Å². The SMILES string of the molecule is CCCC[C@@H](CCSc1ccccc1)c1c(O[Si](C(C)C)(C(C)C)C(C)C)cc(C=O)cc1O[Si](C(C)C)(C(C)C)C(C)C. The second-order valence-corrected chi connectivity index (χ2v) is 26.6. The summed E-state index contributed by atoms with van der Waals surface area (Å²) in [5.74, 6) is 3.14. The van der Waals surface area contributed by atoms with E-state index in [1.54, 1.807) is 0 Å². The lowest BCUT2D eigenvalue weighted by Gasteiger charge is -2.45. The number of hydrogen-bond donors (Lipinski definition) is 0. The maximum absolute atomic E-state index is 12.5. The van der Waals surface area contributed by atoms with Gasteiger partial charge in [-0.2, -0.15) is 0 Å². The van der Waals surface area contributed by atoms with Crippen molar-refractivity contribution in [3.63, 3.8) is 0 Å². The van der Waals surface area contributed by atoms with Gasteiger partial charge in [-0.3, -0.25) is 4.79 Å². The Balaban J connectivity index is 2.89. The molecule has 0 spiro atoms. The molecule has 0 unspecified atom stereocenters. The van der Waals surface area contributed by atoms with Crippen molar-refractivity contribution in [3.05, 3.63) is 53.6 Å². The van der Waals surface area contributed by atoms with Crippen LogP contribution in [0.5, 0.6) is 11.5 Å². The van der Waals surface area contributed by atoms with Gasteiger partial charge in [0.2, 0.25) is 0 Å². The minimum atomic E-state index is -2.31. The average molecular weight is 657 g/mol. The van der Waals surface area contributed by atoms with Crippen LogP contribution in [-0.2, 0) is 0 Å². The van der Waals surface area contributed by atoms with E-state index >= 15 is 0 Å². The molecular weight excluding hydrogens is 593 g/mol. The Labute approximate surface area is 277 Å². The summed E-state index contributed by atoms with van der Waals surface area (Å²) in [7, 11) is -4.62. The largest absolute Gasteiger partial charge is 0.542 e. The lowest BCUT2D eigenvalue weighted by atomic mass is 9.89. The van der Waals surface area contributed by atoms with Crippen LogP contribution in [0.1, 0.15) is 138 Å². The van der Waals surface area contributed by atoms with Gasteiger partial charge in [-0.25, -0.2) is 0 Å². The van der Waals surface area contributed by atoms with Crippen LogP contribution in [-0.4, -0.2) is 28.7 Å². The van der Waals surface area contributed by atoms with Crippen LogP contribution < -0.4 is 8.85 Å². The summed E-state index contributed by atoms with van der Waals surface area (Å²) in [5, 5.41) is 0. The van der Waals surface area contributed by atoms with Crippen molar-refractivity contribution in [1.82, 2.24) is 0 Å². The van der Waals surface area contributed by atoms with E-state index in [4.69, 9.17) is 8.85 Å². The van der Waals surface area contributed by atoms with E-state index in [9.17, 15) is 4.79 Å². The smallest absolute Gasteiger partial charge is 0.258 e. The van der Waals surface area contributed by atoms with Gasteiger partial charge in [-0.05, 0) is 82.0 Å². The monoisotopic (exact) mass is 656 g/mol. The van der Waals surface area contributed by atoms with Gasteiger partial charge < -0.3 is 8.85 Å². The van der Waals surface area contributed by atoms with Crippen molar-refractivity contribution in [3.8, 4) is 11.5 Å². The van der Waals surface area contributed by atoms with Crippen molar-refractivity contribution in [2.75, 3.05) is 5.75 Å². The van der Waals surface area contributed by atoms with Crippen LogP contribution in [0.2, 0.25) is 33.2 Å². The zero-order valence-electron chi connectivity index (χ0n) is 30.3. The number of hydrogen-bond acceptors (Lipinski definition) is 4. The molecule has 2 aromatic rings. The van der Waals surface area contributed by atoms with E-state index in [1.165, 1.54) is 10.5 Å². The molecule has 6 heteroatoms. The van der Waals surface area contributed by atoms with Crippen LogP contribution in [0.15, 0.2) is 47.4 Å². The topological polar surface area (TPSA) is 35.5 Å². The Morgan fingerprint density at radius 1 is 0.682 bits per heavy atom. The molecule has 2 aromatic carbocycles. The van der Waals surface area contributed by atoms with Crippen LogP contribution in [0.3, 0.4) is 0 Å². The first-order valence-electron chi connectivity index (χ1n) is 17.4. The van der Waals surface area contributed by atoms with Crippen LogP contribution in [0.4, 0.5) is 0 Å². The third-order valence-corrected chi connectivity index (χ3v) is 23.1. The Morgan fingerprint density at radius 3 is 1.48 bits per heavy atom. The Bertz CT molecular complexity index is 1050. The Kier molecular flexibility index (Phi) is 15.3. The number of aldehydes is 1. The van der Waals surface area contributed by atoms with Gasteiger partial charge in [0.1, 0.15) is 17.8 Å². The highest BCUT2D eigenvalue weighted by molar-refractivity contribution is 7.99. The zero-order valence-corrected chi connectivity index (χ0v) is 33.1. The first-order chi connectivity index (χ1) is 20.7. The molecule has 0 saturated carbocycles. The molecule has 0 aromatic heterocycles. The molecule has 0 radical (unpaired) electrons. The molecule has 3 nitrogen and oxygen atoms in total. The van der Waals surface area contributed by atoms with Gasteiger partial charge in [0.25, 0.3) is 16.6 Å². The van der Waals surface area contributed by atoms with Crippen molar-refractivity contribution < 1.29 is 13.6 Å². The number of thioether (sulfide) groups is 1. The third-order valence-electron chi connectivity index (χ3n) is 10.0. The fourth-order valence-electron chi connectivity index (χ4n) is 8.07. The van der Waals surface area contributed by atoms with Gasteiger partial charge in [0, 0.05) is 16.0 Å². The van der Waals surface area contributed by atoms with Crippen LogP contribution in [0, 0.1) is 0 Å². The molecule has 2 rings (SSSR count). The van der Waals surface area contributed by atoms with Crippen LogP contribution >= 0.6 is 11.8 Å². The lowest BCUT2D eigenvalue weighted by molar-refractivity contribution is 0.112. The quantitative estimate of drug-likeness (QED) is 0.0856. The summed E-state index contributed by atoms with van der Waals surface area (Å²) in [6.07, 6.45) is 5.40. The summed E-state index contributed by atoms with van der Waals surface area (Å²) in [5.41, 5.74) is 4.45. The molecule has 0 N–H and O–H groups in total. The lowest BCUT2D eigenvalue weighted by Crippen LogP contribution is -2.51. The zero-order chi connectivity index (χ0) is 33.2. The number of carbonyl (C=O) groups is 1. The predicted octanol–water partition coefficient (Wildman–Crippen LogP) is 13.1. The van der Waals surface area contributed by atoms with Gasteiger partial charge in [0.15, 0.2) is 0 Å². The molecule has 0 aliphatic heterocycles. The number of unbranched alkanes of at least 4 members (excludes halogenated alkanes) is 1. The molecule has 44 heavy (non-hydrogen) atoms. The van der Waals surface area contributed by atoms with Crippen LogP contribution in [0.25, 0.3) is 0 Å². The second-order valence-electron chi connectivity index (χ2n) is 14.7. The van der Waals surface area contributed by atoms with E-state index in [0.717, 1.165) is 49.2 Å². The molecule has 248 valence electrons. The number of benzene rings is 2. The molecule has 0 saturated heterocycles. The maximum atomic E-state index is 12.5. The van der Waals surface area contributed by atoms with Crippen molar-refractivity contribution in [2.24, 2.45) is 0 Å². The van der Waals surface area contributed by atoms with Gasteiger partial charge in [0.05, 0.1) is 0 Å². The molecule has 0 bridgehead atoms. The second kappa shape index (κ2) is 17.4. The number of carbonyl (C=O) groups excluding carboxylic acids is 1. The summed E-state index contributed by atoms with van der Waals surface area (Å²) < 4.78 is 15.1. The highest BCUT2D eigenvalue weighted by atomic mass is 32.2. The molecule has 0 fully saturated rings. The van der Waals surface area contributed by atoms with Crippen molar-refractivity contribution in [1.29, 1.82) is 0 Å². The Morgan fingerprint density at radius 2 is 1.11 bits per heavy atom. The minimum absolute atomic E-state index is 0.285. The van der Waals surface area contributed by atoms with Crippen molar-refractivity contribution in [2.45, 2.75) is 160 Å². The maximum Gasteiger partial charge on any atom is 0.258 e. The van der Waals surface area contributed by atoms with E-state index in [1.807, 2.05) is 11.8 Å². The highest BCUT2D eigenvalue weighted by Gasteiger charge is 2.49. The molecule has 0 aliphatic carbocycles. The van der Waals surface area contributed by atoms with Gasteiger partial charge >= 0.3 is 0 Å². The number of rotatable bonds is 19. The standard InChI is InChI=1S/C38H64O3SSi2/c1-14-15-19-34(22-23-42-35-20-17-16-18-21-35)38-36(40-43(27(2)3,28(4)5)29(6)7)24-33(26-39)25-37(38)41-44(30(8)9,31(10)11)32(12)13/h16-18,20-21,24-32,34H,14-15,19,22-23H2,1-13H3/t34-/m0/s1. The predicted molar refractivity (Wildman–Crippen MR) is 199 cm³/mol. The normalized spacial score (nSPS) is 13.5. The fraction of sp³-hybridized carbons (Fsp3) is 0.658. The van der Waals surface area contributed by atoms with E-state index in [2.05, 4.69) is 132 Å². The molecule has 1 atom stereocenters. The highest BCUT2D eigenvalue weighted by Crippen LogP contribution is 2.50. The average Bonchev–Trinajstić information content (AvgIpc) is 2.95. The third kappa shape index (κ3) is 8.85. The summed E-state index contributed by atoms with van der Waals surface area (Å²) in [6.45, 7) is 30.4. The Hall–Kier alpha value is -1.51. The molecule has 0 amide bonds. The van der Waals surface area contributed by atoms with Crippen molar-refractivity contribution >= 4 is 34.7 Å². The fourth-order valence-corrected chi connectivity index (χ4v) is 19.6. The van der Waals surface area contributed by atoms with E-state index in [0.29, 0.717) is 38.8 Å². The molecule has 0 heterocycles. The first-order valence-corrected chi connectivity index (χ1v) is 22.6. The minimum Gasteiger partial charge on any atom is -0.542 e. The van der Waals surface area contributed by atoms with E-state index in [-0.39, 0.29) is 5.92 Å². The summed E-state index contributed by atoms with van der Waals surface area (Å²) in [6, 6.07) is 14.8. The molecule has 0 aliphatic rings. The van der Waals surface area contributed by atoms with Gasteiger partial charge in [-0.15, -0.1) is 11.8 Å².